The summed E-state index contributed by atoms with van der Waals surface area (Å²) < 4.78 is 13.8. The molecule has 106 valence electrons. The van der Waals surface area contributed by atoms with Crippen LogP contribution in [0.5, 0.6) is 0 Å². The number of hydrogen-bond donors (Lipinski definition) is 1. The fourth-order valence-corrected chi connectivity index (χ4v) is 5.67. The number of aryl methyl sites for hydroxylation is 3. The zero-order valence-electron chi connectivity index (χ0n) is 11.8. The van der Waals surface area contributed by atoms with Crippen LogP contribution in [0.2, 0.25) is 0 Å². The standard InChI is InChI=1S/C15H19N2OPS/c1-11-7-3-4-8-12(11)17-19(2,18)15-16-13-9-5-6-10-14(13)20-15/h3-4,7-8H,5-6,9-10H2,1-2H3,(H,17,18)/t19-/m1/s1. The second kappa shape index (κ2) is 5.34. The zero-order chi connectivity index (χ0) is 14.2. The van der Waals surface area contributed by atoms with E-state index in [9.17, 15) is 4.57 Å². The Balaban J connectivity index is 1.90. The van der Waals surface area contributed by atoms with E-state index in [2.05, 4.69) is 10.1 Å². The first kappa shape index (κ1) is 13.8. The van der Waals surface area contributed by atoms with Crippen LogP contribution in [0.3, 0.4) is 0 Å². The van der Waals surface area contributed by atoms with Crippen LogP contribution in [-0.2, 0) is 17.4 Å². The summed E-state index contributed by atoms with van der Waals surface area (Å²) in [6.45, 7) is 3.80. The lowest BCUT2D eigenvalue weighted by Gasteiger charge is -2.15. The molecule has 20 heavy (non-hydrogen) atoms. The van der Waals surface area contributed by atoms with Crippen molar-refractivity contribution in [3.05, 3.63) is 40.4 Å². The van der Waals surface area contributed by atoms with E-state index in [1.54, 1.807) is 18.0 Å². The van der Waals surface area contributed by atoms with E-state index < -0.39 is 7.29 Å². The summed E-state index contributed by atoms with van der Waals surface area (Å²) in [5.41, 5.74) is 3.22. The van der Waals surface area contributed by atoms with Crippen molar-refractivity contribution in [1.29, 1.82) is 0 Å². The first-order chi connectivity index (χ1) is 9.56. The molecule has 0 bridgehead atoms. The average molecular weight is 306 g/mol. The Hall–Kier alpha value is -1.12. The topological polar surface area (TPSA) is 42.0 Å². The fraction of sp³-hybridized carbons (Fsp3) is 0.400. The molecule has 0 unspecified atom stereocenters. The number of fused-ring (bicyclic) bond motifs is 1. The molecule has 1 aromatic heterocycles. The Bertz CT molecular complexity index is 657. The van der Waals surface area contributed by atoms with Crippen molar-refractivity contribution >= 4 is 29.1 Å². The molecule has 0 radical (unpaired) electrons. The number of nitrogens with one attached hydrogen (secondary N) is 1. The van der Waals surface area contributed by atoms with Crippen molar-refractivity contribution in [2.45, 2.75) is 32.6 Å². The smallest absolute Gasteiger partial charge is 0.223 e. The van der Waals surface area contributed by atoms with Gasteiger partial charge in [-0.25, -0.2) is 4.98 Å². The first-order valence-electron chi connectivity index (χ1n) is 6.97. The highest BCUT2D eigenvalue weighted by Crippen LogP contribution is 2.43. The van der Waals surface area contributed by atoms with E-state index in [0.29, 0.717) is 0 Å². The third-order valence-corrected chi connectivity index (χ3v) is 7.45. The van der Waals surface area contributed by atoms with Crippen LogP contribution in [0.4, 0.5) is 5.69 Å². The molecule has 2 aromatic rings. The molecule has 1 aliphatic rings. The molecule has 0 amide bonds. The van der Waals surface area contributed by atoms with Gasteiger partial charge in [0, 0.05) is 17.2 Å². The minimum atomic E-state index is -2.64. The molecule has 0 spiro atoms. The van der Waals surface area contributed by atoms with Crippen LogP contribution >= 0.6 is 18.6 Å². The van der Waals surface area contributed by atoms with Crippen LogP contribution in [0, 0.1) is 6.92 Å². The third-order valence-electron chi connectivity index (χ3n) is 3.68. The maximum absolute atomic E-state index is 13.0. The van der Waals surface area contributed by atoms with Gasteiger partial charge in [-0.05, 0) is 44.2 Å². The number of para-hydroxylation sites is 1. The van der Waals surface area contributed by atoms with E-state index in [0.717, 1.165) is 28.8 Å². The largest absolute Gasteiger partial charge is 0.331 e. The number of aromatic nitrogens is 1. The monoisotopic (exact) mass is 306 g/mol. The Morgan fingerprint density at radius 1 is 1.25 bits per heavy atom. The fourth-order valence-electron chi connectivity index (χ4n) is 2.50. The number of rotatable bonds is 3. The minimum absolute atomic E-state index is 0.771. The molecule has 1 atom stereocenters. The molecule has 1 aromatic carbocycles. The number of benzene rings is 1. The normalized spacial score (nSPS) is 17.3. The molecule has 1 heterocycles. The van der Waals surface area contributed by atoms with Crippen molar-refractivity contribution < 1.29 is 4.57 Å². The van der Waals surface area contributed by atoms with Crippen LogP contribution in [-0.4, -0.2) is 11.6 Å². The van der Waals surface area contributed by atoms with Gasteiger partial charge in [-0.3, -0.25) is 4.57 Å². The summed E-state index contributed by atoms with van der Waals surface area (Å²) in [6.07, 6.45) is 4.57. The second-order valence-electron chi connectivity index (χ2n) is 5.42. The molecule has 0 aliphatic heterocycles. The van der Waals surface area contributed by atoms with Crippen LogP contribution in [0.25, 0.3) is 0 Å². The van der Waals surface area contributed by atoms with E-state index in [1.807, 2.05) is 31.2 Å². The molecular formula is C15H19N2OPS. The average Bonchev–Trinajstić information content (AvgIpc) is 2.86. The van der Waals surface area contributed by atoms with Gasteiger partial charge in [0.25, 0.3) is 0 Å². The van der Waals surface area contributed by atoms with Crippen LogP contribution in [0.15, 0.2) is 24.3 Å². The lowest BCUT2D eigenvalue weighted by Crippen LogP contribution is -2.11. The predicted molar refractivity (Wildman–Crippen MR) is 86.7 cm³/mol. The Morgan fingerprint density at radius 3 is 2.75 bits per heavy atom. The molecular weight excluding hydrogens is 287 g/mol. The number of anilines is 1. The highest BCUT2D eigenvalue weighted by molar-refractivity contribution is 7.77. The van der Waals surface area contributed by atoms with Gasteiger partial charge in [0.15, 0.2) is 4.75 Å². The summed E-state index contributed by atoms with van der Waals surface area (Å²) in [4.78, 5) is 5.97. The number of hydrogen-bond acceptors (Lipinski definition) is 3. The third kappa shape index (κ3) is 2.68. The first-order valence-corrected chi connectivity index (χ1v) is 9.94. The molecule has 0 saturated heterocycles. The summed E-state index contributed by atoms with van der Waals surface area (Å²) in [7, 11) is -2.64. The summed E-state index contributed by atoms with van der Waals surface area (Å²) in [6, 6.07) is 7.94. The zero-order valence-corrected chi connectivity index (χ0v) is 13.6. The van der Waals surface area contributed by atoms with E-state index in [1.165, 1.54) is 23.4 Å². The maximum Gasteiger partial charge on any atom is 0.223 e. The Kier molecular flexibility index (Phi) is 3.70. The molecule has 1 N–H and O–H groups in total. The predicted octanol–water partition coefficient (Wildman–Crippen LogP) is 3.98. The molecule has 0 saturated carbocycles. The summed E-state index contributed by atoms with van der Waals surface area (Å²) in [5.74, 6) is 0. The van der Waals surface area contributed by atoms with Gasteiger partial charge < -0.3 is 5.09 Å². The van der Waals surface area contributed by atoms with Crippen LogP contribution in [0.1, 0.15) is 29.0 Å². The number of thiazole rings is 1. The van der Waals surface area contributed by atoms with E-state index in [4.69, 9.17) is 0 Å². The van der Waals surface area contributed by atoms with Crippen molar-refractivity contribution in [2.24, 2.45) is 0 Å². The van der Waals surface area contributed by atoms with Gasteiger partial charge in [0.2, 0.25) is 7.29 Å². The van der Waals surface area contributed by atoms with E-state index >= 15 is 0 Å². The van der Waals surface area contributed by atoms with Crippen molar-refractivity contribution in [1.82, 2.24) is 4.98 Å². The lowest BCUT2D eigenvalue weighted by atomic mass is 10.0. The van der Waals surface area contributed by atoms with E-state index in [-0.39, 0.29) is 0 Å². The molecule has 0 fully saturated rings. The van der Waals surface area contributed by atoms with Crippen LogP contribution < -0.4 is 9.84 Å². The summed E-state index contributed by atoms with van der Waals surface area (Å²) in [5, 5.41) is 3.22. The van der Waals surface area contributed by atoms with Gasteiger partial charge in [-0.15, -0.1) is 11.3 Å². The lowest BCUT2D eigenvalue weighted by molar-refractivity contribution is 0.587. The molecule has 5 heteroatoms. The maximum atomic E-state index is 13.0. The SMILES string of the molecule is Cc1ccccc1N[P@](C)(=O)c1nc2c(s1)CCCC2. The quantitative estimate of drug-likeness (QED) is 0.872. The highest BCUT2D eigenvalue weighted by atomic mass is 32.1. The molecule has 3 rings (SSSR count). The van der Waals surface area contributed by atoms with Crippen molar-refractivity contribution in [3.8, 4) is 0 Å². The minimum Gasteiger partial charge on any atom is -0.331 e. The van der Waals surface area contributed by atoms with Gasteiger partial charge in [0.1, 0.15) is 0 Å². The van der Waals surface area contributed by atoms with Gasteiger partial charge >= 0.3 is 0 Å². The second-order valence-corrected chi connectivity index (χ2v) is 9.31. The number of nitrogens with zero attached hydrogens (tertiary/aromatic N) is 1. The van der Waals surface area contributed by atoms with Gasteiger partial charge in [0.05, 0.1) is 5.69 Å². The van der Waals surface area contributed by atoms with Crippen molar-refractivity contribution in [2.75, 3.05) is 11.8 Å². The molecule has 1 aliphatic carbocycles. The van der Waals surface area contributed by atoms with Crippen molar-refractivity contribution in [3.63, 3.8) is 0 Å². The Labute approximate surface area is 123 Å². The van der Waals surface area contributed by atoms with Gasteiger partial charge in [-0.2, -0.15) is 0 Å². The summed E-state index contributed by atoms with van der Waals surface area (Å²) >= 11 is 1.63. The van der Waals surface area contributed by atoms with Gasteiger partial charge in [-0.1, -0.05) is 18.2 Å². The highest BCUT2D eigenvalue weighted by Gasteiger charge is 2.26. The molecule has 3 nitrogen and oxygen atoms in total. The Morgan fingerprint density at radius 2 is 2.00 bits per heavy atom.